The van der Waals surface area contributed by atoms with Gasteiger partial charge in [-0.05, 0) is 26.7 Å². The lowest BCUT2D eigenvalue weighted by molar-refractivity contribution is 0.586. The normalized spacial score (nSPS) is 21.3. The second-order valence-corrected chi connectivity index (χ2v) is 8.13. The molecule has 0 unspecified atom stereocenters. The molecule has 1 aliphatic carbocycles. The van der Waals surface area contributed by atoms with Crippen LogP contribution in [0.4, 0.5) is 11.6 Å². The largest absolute Gasteiger partial charge is 0.370 e. The average molecular weight is 310 g/mol. The fourth-order valence-corrected chi connectivity index (χ4v) is 3.82. The van der Waals surface area contributed by atoms with E-state index in [1.807, 2.05) is 13.8 Å². The summed E-state index contributed by atoms with van der Waals surface area (Å²) in [5, 5.41) is 3.30. The molecule has 1 aromatic rings. The average Bonchev–Trinajstić information content (AvgIpc) is 3.26. The van der Waals surface area contributed by atoms with E-state index in [1.165, 1.54) is 0 Å². The first-order valence-electron chi connectivity index (χ1n) is 7.58. The second kappa shape index (κ2) is 5.44. The molecule has 0 atom stereocenters. The van der Waals surface area contributed by atoms with E-state index in [9.17, 15) is 8.42 Å². The summed E-state index contributed by atoms with van der Waals surface area (Å²) in [7, 11) is -2.87. The molecule has 0 amide bonds. The Balaban J connectivity index is 1.93. The Labute approximate surface area is 125 Å². The van der Waals surface area contributed by atoms with Crippen LogP contribution >= 0.6 is 0 Å². The first-order chi connectivity index (χ1) is 10.00. The van der Waals surface area contributed by atoms with Crippen LogP contribution in [0.25, 0.3) is 0 Å². The highest BCUT2D eigenvalue weighted by atomic mass is 32.2. The Morgan fingerprint density at radius 3 is 2.48 bits per heavy atom. The van der Waals surface area contributed by atoms with Gasteiger partial charge in [0.25, 0.3) is 0 Å². The van der Waals surface area contributed by atoms with Crippen LogP contribution in [0, 0.1) is 6.92 Å². The highest BCUT2D eigenvalue weighted by Crippen LogP contribution is 2.40. The van der Waals surface area contributed by atoms with Gasteiger partial charge in [-0.25, -0.2) is 18.4 Å². The lowest BCUT2D eigenvalue weighted by Crippen LogP contribution is -2.41. The van der Waals surface area contributed by atoms with E-state index < -0.39 is 9.84 Å². The molecule has 7 heteroatoms. The summed E-state index contributed by atoms with van der Waals surface area (Å²) < 4.78 is 23.2. The fraction of sp³-hybridized carbons (Fsp3) is 0.714. The Morgan fingerprint density at radius 1 is 1.24 bits per heavy atom. The minimum atomic E-state index is -2.87. The zero-order chi connectivity index (χ0) is 15.0. The predicted octanol–water partition coefficient (Wildman–Crippen LogP) is 1.33. The minimum Gasteiger partial charge on any atom is -0.370 e. The van der Waals surface area contributed by atoms with Gasteiger partial charge in [0, 0.05) is 31.1 Å². The van der Waals surface area contributed by atoms with Crippen LogP contribution in [-0.4, -0.2) is 49.5 Å². The molecule has 1 N–H and O–H groups in total. The van der Waals surface area contributed by atoms with Gasteiger partial charge in [-0.15, -0.1) is 0 Å². The van der Waals surface area contributed by atoms with Gasteiger partial charge in [0.15, 0.2) is 9.84 Å². The molecule has 1 aromatic heterocycles. The Hall–Kier alpha value is -1.37. The van der Waals surface area contributed by atoms with Crippen LogP contribution in [0.5, 0.6) is 0 Å². The van der Waals surface area contributed by atoms with Crippen molar-refractivity contribution >= 4 is 21.5 Å². The van der Waals surface area contributed by atoms with Gasteiger partial charge in [0.05, 0.1) is 11.5 Å². The summed E-state index contributed by atoms with van der Waals surface area (Å²) in [6, 6.07) is 0. The number of rotatable bonds is 4. The summed E-state index contributed by atoms with van der Waals surface area (Å²) >= 11 is 0. The number of nitrogens with one attached hydrogen (secondary N) is 1. The molecule has 3 rings (SSSR count). The van der Waals surface area contributed by atoms with E-state index in [0.717, 1.165) is 42.4 Å². The molecule has 2 fully saturated rings. The highest BCUT2D eigenvalue weighted by Gasteiger charge is 2.30. The van der Waals surface area contributed by atoms with Crippen molar-refractivity contribution in [2.75, 3.05) is 41.4 Å². The highest BCUT2D eigenvalue weighted by molar-refractivity contribution is 7.91. The van der Waals surface area contributed by atoms with Crippen molar-refractivity contribution in [2.24, 2.45) is 0 Å². The third-order valence-electron chi connectivity index (χ3n) is 4.07. The van der Waals surface area contributed by atoms with E-state index in [2.05, 4.69) is 15.2 Å². The van der Waals surface area contributed by atoms with Crippen LogP contribution in [0.3, 0.4) is 0 Å². The lowest BCUT2D eigenvalue weighted by atomic mass is 10.2. The summed E-state index contributed by atoms with van der Waals surface area (Å²) in [6.45, 7) is 5.92. The van der Waals surface area contributed by atoms with Crippen LogP contribution in [0.15, 0.2) is 0 Å². The molecule has 0 spiro atoms. The van der Waals surface area contributed by atoms with E-state index in [-0.39, 0.29) is 11.5 Å². The molecule has 1 saturated carbocycles. The summed E-state index contributed by atoms with van der Waals surface area (Å²) in [6.07, 6.45) is 2.31. The first-order valence-corrected chi connectivity index (χ1v) is 9.40. The van der Waals surface area contributed by atoms with Gasteiger partial charge >= 0.3 is 0 Å². The van der Waals surface area contributed by atoms with Crippen LogP contribution < -0.4 is 10.2 Å². The van der Waals surface area contributed by atoms with Gasteiger partial charge in [0.2, 0.25) is 0 Å². The van der Waals surface area contributed by atoms with Crippen molar-refractivity contribution in [3.8, 4) is 0 Å². The number of nitrogens with zero attached hydrogens (tertiary/aromatic N) is 3. The van der Waals surface area contributed by atoms with Crippen LogP contribution in [0.2, 0.25) is 0 Å². The SMILES string of the molecule is CCNc1nc(C2CC2)nc(N2CCS(=O)(=O)CC2)c1C. The molecule has 1 aliphatic heterocycles. The predicted molar refractivity (Wildman–Crippen MR) is 83.8 cm³/mol. The van der Waals surface area contributed by atoms with Gasteiger partial charge in [-0.3, -0.25) is 0 Å². The maximum Gasteiger partial charge on any atom is 0.153 e. The van der Waals surface area contributed by atoms with E-state index in [4.69, 9.17) is 4.98 Å². The van der Waals surface area contributed by atoms with Crippen molar-refractivity contribution in [3.63, 3.8) is 0 Å². The van der Waals surface area contributed by atoms with E-state index >= 15 is 0 Å². The van der Waals surface area contributed by atoms with Crippen LogP contribution in [-0.2, 0) is 9.84 Å². The maximum atomic E-state index is 11.6. The van der Waals surface area contributed by atoms with Crippen molar-refractivity contribution in [3.05, 3.63) is 11.4 Å². The zero-order valence-electron chi connectivity index (χ0n) is 12.6. The van der Waals surface area contributed by atoms with Crippen LogP contribution in [0.1, 0.15) is 37.1 Å². The molecule has 0 bridgehead atoms. The number of hydrogen-bond donors (Lipinski definition) is 1. The Kier molecular flexibility index (Phi) is 3.77. The number of hydrogen-bond acceptors (Lipinski definition) is 6. The smallest absolute Gasteiger partial charge is 0.153 e. The molecular weight excluding hydrogens is 288 g/mol. The molecule has 0 aromatic carbocycles. The summed E-state index contributed by atoms with van der Waals surface area (Å²) in [4.78, 5) is 11.5. The van der Waals surface area contributed by atoms with Gasteiger partial charge in [0.1, 0.15) is 17.5 Å². The number of anilines is 2. The van der Waals surface area contributed by atoms with Crippen molar-refractivity contribution < 1.29 is 8.42 Å². The molecule has 116 valence electrons. The van der Waals surface area contributed by atoms with Crippen molar-refractivity contribution in [2.45, 2.75) is 32.6 Å². The molecular formula is C14H22N4O2S. The molecule has 6 nitrogen and oxygen atoms in total. The maximum absolute atomic E-state index is 11.6. The van der Waals surface area contributed by atoms with Crippen molar-refractivity contribution in [1.82, 2.24) is 9.97 Å². The first kappa shape index (κ1) is 14.6. The van der Waals surface area contributed by atoms with Gasteiger partial charge in [-0.1, -0.05) is 0 Å². The summed E-state index contributed by atoms with van der Waals surface area (Å²) in [5.41, 5.74) is 1.01. The number of aromatic nitrogens is 2. The molecule has 1 saturated heterocycles. The fourth-order valence-electron chi connectivity index (χ4n) is 2.62. The number of sulfone groups is 1. The third kappa shape index (κ3) is 3.12. The molecule has 2 heterocycles. The summed E-state index contributed by atoms with van der Waals surface area (Å²) in [5.74, 6) is 3.60. The lowest BCUT2D eigenvalue weighted by Gasteiger charge is -2.29. The Morgan fingerprint density at radius 2 is 1.90 bits per heavy atom. The standard InChI is InChI=1S/C14H22N4O2S/c1-3-15-12-10(2)14(17-13(16-12)11-4-5-11)18-6-8-21(19,20)9-7-18/h11H,3-9H2,1-2H3,(H,15,16,17). The topological polar surface area (TPSA) is 75.2 Å². The monoisotopic (exact) mass is 310 g/mol. The minimum absolute atomic E-state index is 0.214. The Bertz CT molecular complexity index is 627. The quantitative estimate of drug-likeness (QED) is 0.904. The van der Waals surface area contributed by atoms with Gasteiger partial charge in [-0.2, -0.15) is 0 Å². The van der Waals surface area contributed by atoms with E-state index in [1.54, 1.807) is 0 Å². The molecule has 21 heavy (non-hydrogen) atoms. The zero-order valence-corrected chi connectivity index (χ0v) is 13.4. The van der Waals surface area contributed by atoms with Crippen molar-refractivity contribution in [1.29, 1.82) is 0 Å². The van der Waals surface area contributed by atoms with Gasteiger partial charge < -0.3 is 10.2 Å². The van der Waals surface area contributed by atoms with E-state index in [0.29, 0.717) is 19.0 Å². The molecule has 2 aliphatic rings. The third-order valence-corrected chi connectivity index (χ3v) is 5.68. The molecule has 0 radical (unpaired) electrons. The second-order valence-electron chi connectivity index (χ2n) is 5.82.